The molecular formula is C48H49NO. The number of allylic oxidation sites excluding steroid dienone is 2. The van der Waals surface area contributed by atoms with Crippen LogP contribution >= 0.6 is 0 Å². The highest BCUT2D eigenvalue weighted by molar-refractivity contribution is 5.90. The van der Waals surface area contributed by atoms with E-state index in [1.807, 2.05) is 0 Å². The fourth-order valence-electron chi connectivity index (χ4n) is 13.2. The Bertz CT molecular complexity index is 2140. The van der Waals surface area contributed by atoms with Crippen LogP contribution in [0.5, 0.6) is 11.5 Å². The molecule has 7 unspecified atom stereocenters. The quantitative estimate of drug-likeness (QED) is 0.217. The van der Waals surface area contributed by atoms with Crippen LogP contribution in [0.25, 0.3) is 11.1 Å². The predicted molar refractivity (Wildman–Crippen MR) is 205 cm³/mol. The van der Waals surface area contributed by atoms with Gasteiger partial charge in [-0.2, -0.15) is 0 Å². The summed E-state index contributed by atoms with van der Waals surface area (Å²) in [6, 6.07) is 32.9. The number of hydrogen-bond acceptors (Lipinski definition) is 2. The van der Waals surface area contributed by atoms with Crippen LogP contribution in [-0.2, 0) is 16.2 Å². The second kappa shape index (κ2) is 9.84. The molecule has 50 heavy (non-hydrogen) atoms. The molecule has 0 N–H and O–H groups in total. The molecule has 11 rings (SSSR count). The van der Waals surface area contributed by atoms with E-state index < -0.39 is 0 Å². The fraction of sp³-hybridized carbons (Fsp3) is 0.417. The van der Waals surface area contributed by atoms with Gasteiger partial charge in [-0.3, -0.25) is 0 Å². The van der Waals surface area contributed by atoms with Crippen LogP contribution < -0.4 is 9.64 Å². The van der Waals surface area contributed by atoms with Gasteiger partial charge in [-0.1, -0.05) is 119 Å². The van der Waals surface area contributed by atoms with E-state index in [0.717, 1.165) is 41.6 Å². The van der Waals surface area contributed by atoms with Crippen molar-refractivity contribution in [3.63, 3.8) is 0 Å². The van der Waals surface area contributed by atoms with Crippen molar-refractivity contribution in [2.24, 2.45) is 29.1 Å². The molecule has 0 aromatic heterocycles. The van der Waals surface area contributed by atoms with Crippen molar-refractivity contribution in [1.82, 2.24) is 0 Å². The summed E-state index contributed by atoms with van der Waals surface area (Å²) in [4.78, 5) is 2.68. The molecule has 2 bridgehead atoms. The molecule has 1 aliphatic heterocycles. The average Bonchev–Trinajstić information content (AvgIpc) is 3.67. The Kier molecular flexibility index (Phi) is 5.84. The van der Waals surface area contributed by atoms with Gasteiger partial charge >= 0.3 is 0 Å². The van der Waals surface area contributed by atoms with Crippen molar-refractivity contribution in [2.45, 2.75) is 94.9 Å². The van der Waals surface area contributed by atoms with E-state index >= 15 is 0 Å². The van der Waals surface area contributed by atoms with Crippen LogP contribution in [-0.4, -0.2) is 6.04 Å². The maximum Gasteiger partial charge on any atom is 0.155 e. The third-order valence-corrected chi connectivity index (χ3v) is 15.4. The molecule has 4 fully saturated rings. The van der Waals surface area contributed by atoms with Gasteiger partial charge in [-0.05, 0) is 120 Å². The maximum atomic E-state index is 7.39. The Hall–Kier alpha value is -4.04. The van der Waals surface area contributed by atoms with Gasteiger partial charge in [0.15, 0.2) is 5.75 Å². The number of nitrogens with zero attached hydrogens (tertiary/aromatic N) is 1. The van der Waals surface area contributed by atoms with Gasteiger partial charge in [0, 0.05) is 27.8 Å². The smallest absolute Gasteiger partial charge is 0.155 e. The molecule has 0 saturated heterocycles. The zero-order valence-corrected chi connectivity index (χ0v) is 30.1. The molecule has 4 aromatic rings. The highest BCUT2D eigenvalue weighted by Gasteiger charge is 2.84. The monoisotopic (exact) mass is 655 g/mol. The van der Waals surface area contributed by atoms with Crippen molar-refractivity contribution in [3.8, 4) is 22.6 Å². The lowest BCUT2D eigenvalue weighted by molar-refractivity contribution is -0.235. The van der Waals surface area contributed by atoms with Gasteiger partial charge in [0.2, 0.25) is 0 Å². The molecular weight excluding hydrogens is 607 g/mol. The van der Waals surface area contributed by atoms with Gasteiger partial charge in [0.05, 0.1) is 11.7 Å². The van der Waals surface area contributed by atoms with E-state index in [9.17, 15) is 0 Å². The first-order valence-corrected chi connectivity index (χ1v) is 19.5. The Morgan fingerprint density at radius 1 is 0.700 bits per heavy atom. The molecule has 2 nitrogen and oxygen atoms in total. The molecule has 4 aromatic carbocycles. The van der Waals surface area contributed by atoms with Gasteiger partial charge in [0.1, 0.15) is 5.75 Å². The maximum absolute atomic E-state index is 7.39. The molecule has 4 saturated carbocycles. The molecule has 7 aliphatic rings. The highest BCUT2D eigenvalue weighted by Crippen LogP contribution is 2.89. The largest absolute Gasteiger partial charge is 0.455 e. The minimum Gasteiger partial charge on any atom is -0.455 e. The van der Waals surface area contributed by atoms with Gasteiger partial charge in [-0.15, -0.1) is 0 Å². The number of rotatable bonds is 4. The van der Waals surface area contributed by atoms with Gasteiger partial charge in [0.25, 0.3) is 0 Å². The van der Waals surface area contributed by atoms with Crippen LogP contribution in [0.4, 0.5) is 11.4 Å². The summed E-state index contributed by atoms with van der Waals surface area (Å²) < 4.78 is 7.39. The number of anilines is 2. The molecule has 252 valence electrons. The van der Waals surface area contributed by atoms with Crippen molar-refractivity contribution in [2.75, 3.05) is 4.90 Å². The third-order valence-electron chi connectivity index (χ3n) is 15.4. The summed E-state index contributed by atoms with van der Waals surface area (Å²) >= 11 is 0. The molecule has 1 heterocycles. The standard InChI is InChI=1S/C48H49NO/c1-45(2)23-24-46(3,4)39-28-34(19-21-36(39)45)49(33-15-9-6-10-16-33)43-35(31-13-7-5-8-14-31)20-22-38-44(43)50-40-18-12-11-17-37(40)48(38)41-26-30-25-32-27-42(48)47(32,41)29-30/h5-15,17-22,28,30,32-33,41-42H,16,23-27,29H2,1-4H3. The van der Waals surface area contributed by atoms with Crippen LogP contribution in [0, 0.1) is 29.1 Å². The van der Waals surface area contributed by atoms with E-state index in [-0.39, 0.29) is 22.3 Å². The first-order chi connectivity index (χ1) is 24.2. The lowest BCUT2D eigenvalue weighted by atomic mass is 9.26. The topological polar surface area (TPSA) is 12.5 Å². The van der Waals surface area contributed by atoms with Crippen LogP contribution in [0.2, 0.25) is 0 Å². The Morgan fingerprint density at radius 3 is 2.26 bits per heavy atom. The molecule has 2 heteroatoms. The van der Waals surface area contributed by atoms with Crippen molar-refractivity contribution in [3.05, 3.63) is 131 Å². The highest BCUT2D eigenvalue weighted by atomic mass is 16.5. The first-order valence-electron chi connectivity index (χ1n) is 19.5. The van der Waals surface area contributed by atoms with Crippen molar-refractivity contribution < 1.29 is 4.74 Å². The molecule has 0 amide bonds. The minimum absolute atomic E-state index is 0.0374. The van der Waals surface area contributed by atoms with Crippen molar-refractivity contribution in [1.29, 1.82) is 0 Å². The second-order valence-electron chi connectivity index (χ2n) is 18.3. The molecule has 2 spiro atoms. The van der Waals surface area contributed by atoms with E-state index in [2.05, 4.69) is 142 Å². The summed E-state index contributed by atoms with van der Waals surface area (Å²) in [5, 5.41) is 0. The van der Waals surface area contributed by atoms with Gasteiger partial charge in [-0.25, -0.2) is 0 Å². The summed E-state index contributed by atoms with van der Waals surface area (Å²) in [6.45, 7) is 9.78. The molecule has 7 atom stereocenters. The predicted octanol–water partition coefficient (Wildman–Crippen LogP) is 12.2. The number of ether oxygens (including phenoxy) is 1. The zero-order valence-electron chi connectivity index (χ0n) is 30.1. The molecule has 6 aliphatic carbocycles. The number of para-hydroxylation sites is 1. The number of fused-ring (bicyclic) bond motifs is 8. The Morgan fingerprint density at radius 2 is 1.46 bits per heavy atom. The van der Waals surface area contributed by atoms with Crippen LogP contribution in [0.1, 0.15) is 94.9 Å². The summed E-state index contributed by atoms with van der Waals surface area (Å²) in [6.07, 6.45) is 18.3. The number of hydrogen-bond donors (Lipinski definition) is 0. The van der Waals surface area contributed by atoms with Gasteiger partial charge < -0.3 is 9.64 Å². The average molecular weight is 656 g/mol. The molecule has 0 radical (unpaired) electrons. The minimum atomic E-state index is 0.0374. The Labute approximate surface area is 298 Å². The lowest BCUT2D eigenvalue weighted by Crippen LogP contribution is -2.74. The van der Waals surface area contributed by atoms with E-state index in [1.54, 1.807) is 0 Å². The van der Waals surface area contributed by atoms with E-state index in [4.69, 9.17) is 4.74 Å². The normalized spacial score (nSPS) is 33.7. The first kappa shape index (κ1) is 29.7. The lowest BCUT2D eigenvalue weighted by Gasteiger charge is -2.77. The van der Waals surface area contributed by atoms with E-state index in [1.165, 1.54) is 83.3 Å². The fourth-order valence-corrected chi connectivity index (χ4v) is 13.2. The SMILES string of the molecule is CC1(C)CCC(C)(C)c2cc(N(c3c(-c4ccccc4)ccc4c3Oc3ccccc3C43C4CC5CC6CC3C64C5)C3C=CC=CC3)ccc21. The summed E-state index contributed by atoms with van der Waals surface area (Å²) in [5.41, 5.74) is 11.8. The van der Waals surface area contributed by atoms with Crippen molar-refractivity contribution >= 4 is 11.4 Å². The van der Waals surface area contributed by atoms with Crippen LogP contribution in [0.3, 0.4) is 0 Å². The summed E-state index contributed by atoms with van der Waals surface area (Å²) in [5.74, 6) is 5.48. The number of benzene rings is 4. The second-order valence-corrected chi connectivity index (χ2v) is 18.3. The summed E-state index contributed by atoms with van der Waals surface area (Å²) in [7, 11) is 0. The van der Waals surface area contributed by atoms with E-state index in [0.29, 0.717) is 5.41 Å². The third kappa shape index (κ3) is 3.56. The van der Waals surface area contributed by atoms with Crippen LogP contribution in [0.15, 0.2) is 109 Å². The Balaban J connectivity index is 1.19. The zero-order chi connectivity index (χ0) is 33.6.